The van der Waals surface area contributed by atoms with Crippen molar-refractivity contribution in [3.63, 3.8) is 0 Å². The fourth-order valence-electron chi connectivity index (χ4n) is 1.55. The molecular formula is C12H15N3O2. The molecule has 0 atom stereocenters. The summed E-state index contributed by atoms with van der Waals surface area (Å²) in [5, 5.41) is 0. The van der Waals surface area contributed by atoms with Crippen molar-refractivity contribution < 1.29 is 9.15 Å². The van der Waals surface area contributed by atoms with Gasteiger partial charge in [0.2, 0.25) is 5.88 Å². The van der Waals surface area contributed by atoms with Crippen molar-refractivity contribution >= 4 is 5.82 Å². The van der Waals surface area contributed by atoms with E-state index in [2.05, 4.69) is 16.9 Å². The van der Waals surface area contributed by atoms with Crippen LogP contribution in [0.2, 0.25) is 0 Å². The Morgan fingerprint density at radius 1 is 1.41 bits per heavy atom. The average Bonchev–Trinajstić information content (AvgIpc) is 2.83. The minimum atomic E-state index is 0.347. The summed E-state index contributed by atoms with van der Waals surface area (Å²) in [6.07, 6.45) is 4.79. The Balaban J connectivity index is 2.11. The Hall–Kier alpha value is -2.04. The molecule has 2 rings (SSSR count). The van der Waals surface area contributed by atoms with Crippen molar-refractivity contribution in [3.05, 3.63) is 36.0 Å². The Bertz CT molecular complexity index is 469. The lowest BCUT2D eigenvalue weighted by Crippen LogP contribution is -2.05. The number of nitrogen functional groups attached to an aromatic ring is 1. The van der Waals surface area contributed by atoms with Crippen LogP contribution in [0, 0.1) is 0 Å². The topological polar surface area (TPSA) is 74.2 Å². The van der Waals surface area contributed by atoms with Crippen LogP contribution in [0.5, 0.6) is 5.88 Å². The van der Waals surface area contributed by atoms with Gasteiger partial charge >= 0.3 is 0 Å². The molecule has 90 valence electrons. The molecule has 0 fully saturated rings. The zero-order valence-corrected chi connectivity index (χ0v) is 9.72. The number of ether oxygens (including phenoxy) is 1. The van der Waals surface area contributed by atoms with Gasteiger partial charge in [-0.15, -0.1) is 0 Å². The Morgan fingerprint density at radius 3 is 3.00 bits per heavy atom. The number of rotatable bonds is 5. The monoisotopic (exact) mass is 233 g/mol. The summed E-state index contributed by atoms with van der Waals surface area (Å²) in [7, 11) is 0. The lowest BCUT2D eigenvalue weighted by Gasteiger charge is -2.09. The van der Waals surface area contributed by atoms with Crippen molar-refractivity contribution in [1.82, 2.24) is 9.97 Å². The molecule has 2 N–H and O–H groups in total. The van der Waals surface area contributed by atoms with Gasteiger partial charge in [0, 0.05) is 0 Å². The molecule has 5 heteroatoms. The van der Waals surface area contributed by atoms with Crippen LogP contribution in [0.1, 0.15) is 24.7 Å². The summed E-state index contributed by atoms with van der Waals surface area (Å²) < 4.78 is 10.8. The fourth-order valence-corrected chi connectivity index (χ4v) is 1.55. The molecule has 0 aliphatic carbocycles. The van der Waals surface area contributed by atoms with Gasteiger partial charge < -0.3 is 14.9 Å². The summed E-state index contributed by atoms with van der Waals surface area (Å²) in [5.74, 6) is 1.77. The normalized spacial score (nSPS) is 10.4. The average molecular weight is 233 g/mol. The van der Waals surface area contributed by atoms with Crippen molar-refractivity contribution in [3.8, 4) is 5.88 Å². The van der Waals surface area contributed by atoms with Gasteiger partial charge in [-0.25, -0.2) is 9.97 Å². The molecule has 0 spiro atoms. The van der Waals surface area contributed by atoms with Gasteiger partial charge in [-0.05, 0) is 18.6 Å². The van der Waals surface area contributed by atoms with E-state index in [1.165, 1.54) is 6.33 Å². The first-order valence-corrected chi connectivity index (χ1v) is 5.55. The van der Waals surface area contributed by atoms with E-state index in [4.69, 9.17) is 14.9 Å². The standard InChI is InChI=1S/C12H15N3O2/c1-2-4-10-11(13)14-8-15-12(10)17-7-9-5-3-6-16-9/h3,5-6,8H,2,4,7H2,1H3,(H2,13,14,15). The lowest BCUT2D eigenvalue weighted by atomic mass is 10.2. The van der Waals surface area contributed by atoms with Crippen LogP contribution >= 0.6 is 0 Å². The zero-order chi connectivity index (χ0) is 12.1. The predicted molar refractivity (Wildman–Crippen MR) is 63.5 cm³/mol. The molecule has 0 aromatic carbocycles. The molecule has 0 unspecified atom stereocenters. The minimum absolute atomic E-state index is 0.347. The first kappa shape index (κ1) is 11.4. The maximum Gasteiger partial charge on any atom is 0.222 e. The summed E-state index contributed by atoms with van der Waals surface area (Å²) >= 11 is 0. The van der Waals surface area contributed by atoms with Gasteiger partial charge in [-0.1, -0.05) is 13.3 Å². The molecule has 0 bridgehead atoms. The summed E-state index contributed by atoms with van der Waals surface area (Å²) in [6, 6.07) is 3.67. The maximum atomic E-state index is 5.80. The minimum Gasteiger partial charge on any atom is -0.469 e. The second kappa shape index (κ2) is 5.34. The van der Waals surface area contributed by atoms with E-state index in [-0.39, 0.29) is 0 Å². The van der Waals surface area contributed by atoms with E-state index in [1.54, 1.807) is 6.26 Å². The third-order valence-electron chi connectivity index (χ3n) is 2.37. The number of aromatic nitrogens is 2. The van der Waals surface area contributed by atoms with Gasteiger partial charge in [0.25, 0.3) is 0 Å². The largest absolute Gasteiger partial charge is 0.469 e. The molecule has 0 amide bonds. The predicted octanol–water partition coefficient (Wildman–Crippen LogP) is 2.18. The third kappa shape index (κ3) is 2.75. The quantitative estimate of drug-likeness (QED) is 0.856. The lowest BCUT2D eigenvalue weighted by molar-refractivity contribution is 0.257. The Labute approximate surface area is 99.6 Å². The Morgan fingerprint density at radius 2 is 2.29 bits per heavy atom. The van der Waals surface area contributed by atoms with Crippen LogP contribution in [0.4, 0.5) is 5.82 Å². The maximum absolute atomic E-state index is 5.80. The van der Waals surface area contributed by atoms with Gasteiger partial charge in [0.1, 0.15) is 24.5 Å². The molecule has 2 aromatic rings. The smallest absolute Gasteiger partial charge is 0.222 e. The van der Waals surface area contributed by atoms with Gasteiger partial charge in [-0.2, -0.15) is 0 Å². The number of hydrogen-bond acceptors (Lipinski definition) is 5. The summed E-state index contributed by atoms with van der Waals surface area (Å²) in [6.45, 7) is 2.42. The van der Waals surface area contributed by atoms with E-state index in [0.29, 0.717) is 18.3 Å². The van der Waals surface area contributed by atoms with Crippen LogP contribution < -0.4 is 10.5 Å². The van der Waals surface area contributed by atoms with E-state index in [9.17, 15) is 0 Å². The van der Waals surface area contributed by atoms with E-state index < -0.39 is 0 Å². The van der Waals surface area contributed by atoms with Crippen LogP contribution in [0.25, 0.3) is 0 Å². The highest BCUT2D eigenvalue weighted by molar-refractivity contribution is 5.44. The van der Waals surface area contributed by atoms with Gasteiger partial charge in [-0.3, -0.25) is 0 Å². The molecule has 2 heterocycles. The Kier molecular flexibility index (Phi) is 3.59. The van der Waals surface area contributed by atoms with Crippen LogP contribution in [0.3, 0.4) is 0 Å². The molecule has 2 aromatic heterocycles. The van der Waals surface area contributed by atoms with Crippen molar-refractivity contribution in [2.24, 2.45) is 0 Å². The summed E-state index contributed by atoms with van der Waals surface area (Å²) in [5.41, 5.74) is 6.66. The van der Waals surface area contributed by atoms with E-state index in [1.807, 2.05) is 12.1 Å². The van der Waals surface area contributed by atoms with Crippen LogP contribution in [-0.2, 0) is 13.0 Å². The molecule has 0 saturated carbocycles. The fraction of sp³-hybridized carbons (Fsp3) is 0.333. The highest BCUT2D eigenvalue weighted by Gasteiger charge is 2.10. The van der Waals surface area contributed by atoms with Gasteiger partial charge in [0.15, 0.2) is 0 Å². The van der Waals surface area contributed by atoms with Crippen LogP contribution in [0.15, 0.2) is 29.1 Å². The van der Waals surface area contributed by atoms with Gasteiger partial charge in [0.05, 0.1) is 11.8 Å². The van der Waals surface area contributed by atoms with Crippen molar-refractivity contribution in [1.29, 1.82) is 0 Å². The molecule has 0 radical (unpaired) electrons. The van der Waals surface area contributed by atoms with Crippen LogP contribution in [-0.4, -0.2) is 9.97 Å². The number of nitrogens with zero attached hydrogens (tertiary/aromatic N) is 2. The highest BCUT2D eigenvalue weighted by atomic mass is 16.5. The number of anilines is 1. The SMILES string of the molecule is CCCc1c(N)ncnc1OCc1ccco1. The molecular weight excluding hydrogens is 218 g/mol. The first-order valence-electron chi connectivity index (χ1n) is 5.55. The second-order valence-corrected chi connectivity index (χ2v) is 3.66. The van der Waals surface area contributed by atoms with Crippen molar-refractivity contribution in [2.75, 3.05) is 5.73 Å². The molecule has 17 heavy (non-hydrogen) atoms. The number of nitrogens with two attached hydrogens (primary N) is 1. The summed E-state index contributed by atoms with van der Waals surface area (Å²) in [4.78, 5) is 8.07. The number of hydrogen-bond donors (Lipinski definition) is 1. The van der Waals surface area contributed by atoms with E-state index >= 15 is 0 Å². The van der Waals surface area contributed by atoms with E-state index in [0.717, 1.165) is 24.2 Å². The molecule has 0 aliphatic heterocycles. The molecule has 5 nitrogen and oxygen atoms in total. The van der Waals surface area contributed by atoms with Crippen molar-refractivity contribution in [2.45, 2.75) is 26.4 Å². The first-order chi connectivity index (χ1) is 8.31. The second-order valence-electron chi connectivity index (χ2n) is 3.66. The molecule has 0 aliphatic rings. The highest BCUT2D eigenvalue weighted by Crippen LogP contribution is 2.22. The number of furan rings is 1. The third-order valence-corrected chi connectivity index (χ3v) is 2.37. The zero-order valence-electron chi connectivity index (χ0n) is 9.72. The molecule has 0 saturated heterocycles.